The Morgan fingerprint density at radius 1 is 1.45 bits per heavy atom. The van der Waals surface area contributed by atoms with Crippen molar-refractivity contribution < 1.29 is 14.3 Å². The van der Waals surface area contributed by atoms with Crippen molar-refractivity contribution in [2.45, 2.75) is 32.5 Å². The highest BCUT2D eigenvalue weighted by Crippen LogP contribution is 2.09. The van der Waals surface area contributed by atoms with Gasteiger partial charge in [-0.25, -0.2) is 0 Å². The summed E-state index contributed by atoms with van der Waals surface area (Å²) in [6, 6.07) is 0. The molecule has 1 saturated heterocycles. The molecule has 0 aromatic carbocycles. The quantitative estimate of drug-likeness (QED) is 0.617. The molecule has 0 bridgehead atoms. The van der Waals surface area contributed by atoms with Crippen LogP contribution in [0.5, 0.6) is 0 Å². The van der Waals surface area contributed by atoms with Gasteiger partial charge in [0.05, 0.1) is 19.6 Å². The predicted molar refractivity (Wildman–Crippen MR) is 40.2 cm³/mol. The molecule has 0 amide bonds. The largest absolute Gasteiger partial charge is 0.352 e. The fraction of sp³-hybridized carbons (Fsp3) is 0.875. The molecule has 0 unspecified atom stereocenters. The van der Waals surface area contributed by atoms with Crippen molar-refractivity contribution in [1.82, 2.24) is 0 Å². The van der Waals surface area contributed by atoms with Crippen LogP contribution in [0, 0.1) is 0 Å². The van der Waals surface area contributed by atoms with E-state index in [-0.39, 0.29) is 12.1 Å². The Morgan fingerprint density at radius 2 is 2.09 bits per heavy atom. The van der Waals surface area contributed by atoms with Crippen LogP contribution in [0.25, 0.3) is 0 Å². The van der Waals surface area contributed by atoms with Gasteiger partial charge in [0.2, 0.25) is 0 Å². The predicted octanol–water partition coefficient (Wildman–Crippen LogP) is 1.12. The highest BCUT2D eigenvalue weighted by Gasteiger charge is 2.16. The molecule has 11 heavy (non-hydrogen) atoms. The lowest BCUT2D eigenvalue weighted by Crippen LogP contribution is -2.27. The number of hydrogen-bond donors (Lipinski definition) is 0. The molecule has 1 aliphatic rings. The van der Waals surface area contributed by atoms with Crippen LogP contribution in [-0.4, -0.2) is 25.3 Å². The maximum absolute atomic E-state index is 10.9. The summed E-state index contributed by atoms with van der Waals surface area (Å²) in [5.74, 6) is 0.205. The molecule has 1 heterocycles. The van der Waals surface area contributed by atoms with E-state index in [1.807, 2.05) is 6.92 Å². The molecule has 1 rings (SSSR count). The fourth-order valence-electron chi connectivity index (χ4n) is 0.985. The summed E-state index contributed by atoms with van der Waals surface area (Å²) >= 11 is 0. The first-order chi connectivity index (χ1) is 5.33. The van der Waals surface area contributed by atoms with Crippen LogP contribution < -0.4 is 0 Å². The van der Waals surface area contributed by atoms with E-state index in [1.54, 1.807) is 0 Å². The maximum Gasteiger partial charge on any atom is 0.164 e. The van der Waals surface area contributed by atoms with Crippen molar-refractivity contribution in [3.8, 4) is 0 Å². The zero-order valence-electron chi connectivity index (χ0n) is 6.84. The van der Waals surface area contributed by atoms with Crippen LogP contribution in [0.15, 0.2) is 0 Å². The van der Waals surface area contributed by atoms with Crippen LogP contribution in [0.3, 0.4) is 0 Å². The molecule has 1 aliphatic heterocycles. The van der Waals surface area contributed by atoms with E-state index in [1.165, 1.54) is 0 Å². The van der Waals surface area contributed by atoms with Crippen LogP contribution in [0.2, 0.25) is 0 Å². The average molecular weight is 158 g/mol. The molecule has 64 valence electrons. The summed E-state index contributed by atoms with van der Waals surface area (Å²) in [7, 11) is 0. The topological polar surface area (TPSA) is 35.5 Å². The van der Waals surface area contributed by atoms with E-state index < -0.39 is 0 Å². The van der Waals surface area contributed by atoms with E-state index >= 15 is 0 Å². The third-order valence-electron chi connectivity index (χ3n) is 1.68. The highest BCUT2D eigenvalue weighted by atomic mass is 16.7. The Labute approximate surface area is 66.7 Å². The molecular weight excluding hydrogens is 144 g/mol. The minimum Gasteiger partial charge on any atom is -0.352 e. The second-order valence-electron chi connectivity index (χ2n) is 2.62. The van der Waals surface area contributed by atoms with Gasteiger partial charge in [-0.2, -0.15) is 0 Å². The molecule has 0 radical (unpaired) electrons. The van der Waals surface area contributed by atoms with Gasteiger partial charge in [0.1, 0.15) is 5.78 Å². The van der Waals surface area contributed by atoms with Gasteiger partial charge >= 0.3 is 0 Å². The van der Waals surface area contributed by atoms with E-state index in [0.29, 0.717) is 12.8 Å². The van der Waals surface area contributed by atoms with Crippen LogP contribution >= 0.6 is 0 Å². The Balaban J connectivity index is 2.19. The normalized spacial score (nSPS) is 20.1. The van der Waals surface area contributed by atoms with Gasteiger partial charge in [0.25, 0.3) is 0 Å². The smallest absolute Gasteiger partial charge is 0.164 e. The van der Waals surface area contributed by atoms with Crippen molar-refractivity contribution in [2.75, 3.05) is 13.2 Å². The zero-order valence-corrected chi connectivity index (χ0v) is 6.84. The number of hydrogen-bond acceptors (Lipinski definition) is 3. The van der Waals surface area contributed by atoms with Gasteiger partial charge in [-0.05, 0) is 6.42 Å². The second kappa shape index (κ2) is 4.46. The first-order valence-corrected chi connectivity index (χ1v) is 4.08. The summed E-state index contributed by atoms with van der Waals surface area (Å²) in [6.45, 7) is 3.30. The molecule has 0 spiro atoms. The third kappa shape index (κ3) is 2.99. The van der Waals surface area contributed by atoms with Crippen molar-refractivity contribution in [3.05, 3.63) is 0 Å². The minimum atomic E-state index is -0.267. The van der Waals surface area contributed by atoms with Gasteiger partial charge in [-0.15, -0.1) is 0 Å². The number of ketones is 1. The number of ether oxygens (including phenoxy) is 2. The summed E-state index contributed by atoms with van der Waals surface area (Å²) in [4.78, 5) is 10.9. The Kier molecular flexibility index (Phi) is 3.52. The minimum absolute atomic E-state index is 0.205. The van der Waals surface area contributed by atoms with Gasteiger partial charge in [-0.3, -0.25) is 4.79 Å². The first-order valence-electron chi connectivity index (χ1n) is 4.08. The van der Waals surface area contributed by atoms with Gasteiger partial charge in [0.15, 0.2) is 6.29 Å². The van der Waals surface area contributed by atoms with Crippen molar-refractivity contribution in [2.24, 2.45) is 0 Å². The summed E-state index contributed by atoms with van der Waals surface area (Å²) in [6.07, 6.45) is 1.66. The molecule has 0 aromatic rings. The molecule has 3 heteroatoms. The zero-order chi connectivity index (χ0) is 8.10. The Hall–Kier alpha value is -0.410. The summed E-state index contributed by atoms with van der Waals surface area (Å²) in [5.41, 5.74) is 0. The van der Waals surface area contributed by atoms with Crippen molar-refractivity contribution in [3.63, 3.8) is 0 Å². The monoisotopic (exact) mass is 158 g/mol. The number of rotatable bonds is 3. The van der Waals surface area contributed by atoms with E-state index in [0.717, 1.165) is 19.6 Å². The van der Waals surface area contributed by atoms with Crippen molar-refractivity contribution in [1.29, 1.82) is 0 Å². The van der Waals surface area contributed by atoms with Crippen LogP contribution in [-0.2, 0) is 14.3 Å². The van der Waals surface area contributed by atoms with Gasteiger partial charge < -0.3 is 9.47 Å². The Morgan fingerprint density at radius 3 is 2.64 bits per heavy atom. The lowest BCUT2D eigenvalue weighted by atomic mass is 10.2. The number of carbonyl (C=O) groups is 1. The first kappa shape index (κ1) is 8.68. The molecule has 0 saturated carbocycles. The second-order valence-corrected chi connectivity index (χ2v) is 2.62. The van der Waals surface area contributed by atoms with E-state index in [2.05, 4.69) is 0 Å². The van der Waals surface area contributed by atoms with Gasteiger partial charge in [-0.1, -0.05) is 6.92 Å². The molecular formula is C8H14O3. The fourth-order valence-corrected chi connectivity index (χ4v) is 0.985. The molecule has 0 N–H and O–H groups in total. The molecule has 3 nitrogen and oxygen atoms in total. The van der Waals surface area contributed by atoms with E-state index in [4.69, 9.17) is 9.47 Å². The van der Waals surface area contributed by atoms with Crippen LogP contribution in [0.1, 0.15) is 26.2 Å². The molecule has 0 aliphatic carbocycles. The molecule has 0 atom stereocenters. The van der Waals surface area contributed by atoms with Crippen LogP contribution in [0.4, 0.5) is 0 Å². The highest BCUT2D eigenvalue weighted by molar-refractivity contribution is 5.78. The molecule has 0 aromatic heterocycles. The third-order valence-corrected chi connectivity index (χ3v) is 1.68. The number of carbonyl (C=O) groups excluding carboxylic acids is 1. The SMILES string of the molecule is CCC(=O)CC1OCCCO1. The van der Waals surface area contributed by atoms with Crippen molar-refractivity contribution >= 4 is 5.78 Å². The van der Waals surface area contributed by atoms with Gasteiger partial charge in [0, 0.05) is 6.42 Å². The maximum atomic E-state index is 10.9. The standard InChI is InChI=1S/C8H14O3/c1-2-7(9)6-8-10-4-3-5-11-8/h8H,2-6H2,1H3. The number of Topliss-reactive ketones (excluding diaryl/α,β-unsaturated/α-hetero) is 1. The molecule has 1 fully saturated rings. The lowest BCUT2D eigenvalue weighted by Gasteiger charge is -2.22. The van der Waals surface area contributed by atoms with E-state index in [9.17, 15) is 4.79 Å². The summed E-state index contributed by atoms with van der Waals surface area (Å²) < 4.78 is 10.4. The Bertz CT molecular complexity index is 127. The average Bonchev–Trinajstić information content (AvgIpc) is 2.06. The summed E-state index contributed by atoms with van der Waals surface area (Å²) in [5, 5.41) is 0. The lowest BCUT2D eigenvalue weighted by molar-refractivity contribution is -0.183.